The molecule has 2 heterocycles. The van der Waals surface area contributed by atoms with Crippen molar-refractivity contribution < 1.29 is 14.3 Å². The molecule has 1 N–H and O–H groups in total. The van der Waals surface area contributed by atoms with Crippen molar-refractivity contribution in [3.63, 3.8) is 0 Å². The van der Waals surface area contributed by atoms with Crippen molar-refractivity contribution in [3.8, 4) is 22.8 Å². The second-order valence-electron chi connectivity index (χ2n) is 9.09. The third-order valence-electron chi connectivity index (χ3n) is 6.01. The number of aromatic nitrogens is 2. The number of methoxy groups -OCH3 is 1. The molecule has 2 aromatic carbocycles. The first-order valence-electron chi connectivity index (χ1n) is 11.7. The molecular formula is C27H33N3O3. The molecule has 174 valence electrons. The zero-order valence-electron chi connectivity index (χ0n) is 20.1. The number of amides is 1. The molecule has 0 fully saturated rings. The Morgan fingerprint density at radius 1 is 1.12 bits per heavy atom. The zero-order valence-corrected chi connectivity index (χ0v) is 20.1. The van der Waals surface area contributed by atoms with Crippen molar-refractivity contribution in [2.24, 2.45) is 5.92 Å². The smallest absolute Gasteiger partial charge is 0.273 e. The summed E-state index contributed by atoms with van der Waals surface area (Å²) in [7, 11) is 1.65. The van der Waals surface area contributed by atoms with Crippen molar-refractivity contribution in [2.45, 2.75) is 46.6 Å². The van der Waals surface area contributed by atoms with E-state index >= 15 is 0 Å². The standard InChI is InChI=1S/C27H33N3O3/c1-6-7-14-33-21-13-12-20(15-22(21)32-5)26-23-24(19-10-8-18(4)9-11-19)28-29-25(23)27(31)30(26)16-17(2)3/h8-13,15,17,26H,6-7,14,16H2,1-5H3,(H,28,29). The minimum Gasteiger partial charge on any atom is -0.493 e. The first-order valence-corrected chi connectivity index (χ1v) is 11.7. The van der Waals surface area contributed by atoms with Gasteiger partial charge in [-0.15, -0.1) is 0 Å². The second-order valence-corrected chi connectivity index (χ2v) is 9.09. The maximum Gasteiger partial charge on any atom is 0.273 e. The summed E-state index contributed by atoms with van der Waals surface area (Å²) in [6.07, 6.45) is 2.06. The molecule has 4 rings (SSSR count). The third-order valence-corrected chi connectivity index (χ3v) is 6.01. The lowest BCUT2D eigenvalue weighted by Crippen LogP contribution is -2.32. The van der Waals surface area contributed by atoms with Crippen molar-refractivity contribution >= 4 is 5.91 Å². The average molecular weight is 448 g/mol. The maximum atomic E-state index is 13.4. The van der Waals surface area contributed by atoms with Gasteiger partial charge in [-0.05, 0) is 37.0 Å². The van der Waals surface area contributed by atoms with Crippen LogP contribution < -0.4 is 9.47 Å². The van der Waals surface area contributed by atoms with Crippen LogP contribution in [0.15, 0.2) is 42.5 Å². The fourth-order valence-electron chi connectivity index (χ4n) is 4.36. The van der Waals surface area contributed by atoms with E-state index in [0.717, 1.165) is 41.0 Å². The molecule has 1 atom stereocenters. The van der Waals surface area contributed by atoms with Gasteiger partial charge in [-0.1, -0.05) is 63.1 Å². The predicted molar refractivity (Wildman–Crippen MR) is 130 cm³/mol. The summed E-state index contributed by atoms with van der Waals surface area (Å²) in [5.74, 6) is 1.71. The Kier molecular flexibility index (Phi) is 6.72. The monoisotopic (exact) mass is 447 g/mol. The molecule has 0 saturated heterocycles. The minimum absolute atomic E-state index is 0.0169. The van der Waals surface area contributed by atoms with E-state index in [1.165, 1.54) is 5.56 Å². The van der Waals surface area contributed by atoms with Crippen LogP contribution in [0.5, 0.6) is 11.5 Å². The highest BCUT2D eigenvalue weighted by Crippen LogP contribution is 2.44. The Morgan fingerprint density at radius 2 is 1.88 bits per heavy atom. The van der Waals surface area contributed by atoms with Gasteiger partial charge in [0.2, 0.25) is 0 Å². The number of ether oxygens (including phenoxy) is 2. The van der Waals surface area contributed by atoms with E-state index in [1.54, 1.807) is 7.11 Å². The fraction of sp³-hybridized carbons (Fsp3) is 0.407. The van der Waals surface area contributed by atoms with Crippen molar-refractivity contribution in [1.82, 2.24) is 15.1 Å². The van der Waals surface area contributed by atoms with E-state index in [4.69, 9.17) is 9.47 Å². The summed E-state index contributed by atoms with van der Waals surface area (Å²) in [5, 5.41) is 7.59. The number of unbranched alkanes of at least 4 members (excludes halogenated alkanes) is 1. The van der Waals surface area contributed by atoms with Crippen LogP contribution in [0, 0.1) is 12.8 Å². The van der Waals surface area contributed by atoms with E-state index in [1.807, 2.05) is 23.1 Å². The van der Waals surface area contributed by atoms with Gasteiger partial charge in [0.1, 0.15) is 5.69 Å². The summed E-state index contributed by atoms with van der Waals surface area (Å²) >= 11 is 0. The van der Waals surface area contributed by atoms with Crippen LogP contribution in [-0.2, 0) is 0 Å². The van der Waals surface area contributed by atoms with Gasteiger partial charge in [0.15, 0.2) is 11.5 Å². The lowest BCUT2D eigenvalue weighted by atomic mass is 9.95. The number of hydrogen-bond donors (Lipinski definition) is 1. The maximum absolute atomic E-state index is 13.4. The molecule has 1 aliphatic heterocycles. The molecule has 1 unspecified atom stereocenters. The molecule has 1 aromatic heterocycles. The number of H-pyrrole nitrogens is 1. The van der Waals surface area contributed by atoms with Crippen LogP contribution in [-0.4, -0.2) is 41.3 Å². The molecular weight excluding hydrogens is 414 g/mol. The summed E-state index contributed by atoms with van der Waals surface area (Å²) in [5.41, 5.74) is 5.47. The summed E-state index contributed by atoms with van der Waals surface area (Å²) < 4.78 is 11.6. The first kappa shape index (κ1) is 22.9. The summed E-state index contributed by atoms with van der Waals surface area (Å²) in [6.45, 7) is 9.75. The first-order chi connectivity index (χ1) is 15.9. The van der Waals surface area contributed by atoms with Crippen LogP contribution in [0.2, 0.25) is 0 Å². The normalized spacial score (nSPS) is 15.3. The molecule has 6 nitrogen and oxygen atoms in total. The quantitative estimate of drug-likeness (QED) is 0.423. The Labute approximate surface area is 195 Å². The largest absolute Gasteiger partial charge is 0.493 e. The SMILES string of the molecule is CCCCOc1ccc(C2c3c(-c4ccc(C)cc4)n[nH]c3C(=O)N2CC(C)C)cc1OC. The third kappa shape index (κ3) is 4.47. The van der Waals surface area contributed by atoms with Gasteiger partial charge in [0.25, 0.3) is 5.91 Å². The molecule has 0 spiro atoms. The molecule has 33 heavy (non-hydrogen) atoms. The van der Waals surface area contributed by atoms with Crippen LogP contribution in [0.4, 0.5) is 0 Å². The van der Waals surface area contributed by atoms with Crippen LogP contribution in [0.1, 0.15) is 66.8 Å². The fourth-order valence-corrected chi connectivity index (χ4v) is 4.36. The number of aromatic amines is 1. The van der Waals surface area contributed by atoms with Gasteiger partial charge < -0.3 is 14.4 Å². The minimum atomic E-state index is -0.247. The Balaban J connectivity index is 1.80. The van der Waals surface area contributed by atoms with Gasteiger partial charge in [0.05, 0.1) is 25.5 Å². The number of nitrogens with one attached hydrogen (secondary N) is 1. The molecule has 0 aliphatic carbocycles. The van der Waals surface area contributed by atoms with Gasteiger partial charge >= 0.3 is 0 Å². The summed E-state index contributed by atoms with van der Waals surface area (Å²) in [4.78, 5) is 15.4. The Hall–Kier alpha value is -3.28. The molecule has 1 aliphatic rings. The van der Waals surface area contributed by atoms with Gasteiger partial charge in [-0.3, -0.25) is 9.89 Å². The van der Waals surface area contributed by atoms with E-state index in [-0.39, 0.29) is 11.9 Å². The average Bonchev–Trinajstić information content (AvgIpc) is 3.34. The number of benzene rings is 2. The van der Waals surface area contributed by atoms with Crippen molar-refractivity contribution in [3.05, 3.63) is 64.8 Å². The van der Waals surface area contributed by atoms with E-state index in [9.17, 15) is 4.79 Å². The number of hydrogen-bond acceptors (Lipinski definition) is 4. The van der Waals surface area contributed by atoms with Gasteiger partial charge in [-0.25, -0.2) is 0 Å². The number of fused-ring (bicyclic) bond motifs is 1. The van der Waals surface area contributed by atoms with Crippen LogP contribution in [0.25, 0.3) is 11.3 Å². The Morgan fingerprint density at radius 3 is 2.55 bits per heavy atom. The highest BCUT2D eigenvalue weighted by molar-refractivity contribution is 6.00. The highest BCUT2D eigenvalue weighted by atomic mass is 16.5. The number of rotatable bonds is 9. The van der Waals surface area contributed by atoms with Crippen LogP contribution >= 0.6 is 0 Å². The van der Waals surface area contributed by atoms with Crippen molar-refractivity contribution in [2.75, 3.05) is 20.3 Å². The second kappa shape index (κ2) is 9.69. The van der Waals surface area contributed by atoms with Gasteiger partial charge in [0, 0.05) is 17.7 Å². The molecule has 3 aromatic rings. The number of carbonyl (C=O) groups excluding carboxylic acids is 1. The molecule has 0 saturated carbocycles. The zero-order chi connectivity index (χ0) is 23.5. The molecule has 1 amide bonds. The molecule has 6 heteroatoms. The lowest BCUT2D eigenvalue weighted by Gasteiger charge is -2.28. The van der Waals surface area contributed by atoms with Crippen molar-refractivity contribution in [1.29, 1.82) is 0 Å². The summed E-state index contributed by atoms with van der Waals surface area (Å²) in [6, 6.07) is 14.0. The van der Waals surface area contributed by atoms with E-state index < -0.39 is 0 Å². The topological polar surface area (TPSA) is 67.5 Å². The number of nitrogens with zero attached hydrogens (tertiary/aromatic N) is 2. The number of aryl methyl sites for hydroxylation is 1. The lowest BCUT2D eigenvalue weighted by molar-refractivity contribution is 0.0722. The molecule has 0 bridgehead atoms. The van der Waals surface area contributed by atoms with Crippen LogP contribution in [0.3, 0.4) is 0 Å². The van der Waals surface area contributed by atoms with E-state index in [0.29, 0.717) is 30.5 Å². The van der Waals surface area contributed by atoms with E-state index in [2.05, 4.69) is 62.2 Å². The Bertz CT molecular complexity index is 1120. The van der Waals surface area contributed by atoms with Gasteiger partial charge in [-0.2, -0.15) is 5.10 Å². The number of carbonyl (C=O) groups is 1. The predicted octanol–water partition coefficient (Wildman–Crippen LogP) is 5.77. The molecule has 0 radical (unpaired) electrons. The highest BCUT2D eigenvalue weighted by Gasteiger charge is 2.42.